The van der Waals surface area contributed by atoms with E-state index in [1.165, 1.54) is 61.1 Å². The van der Waals surface area contributed by atoms with E-state index in [1.807, 2.05) is 11.8 Å². The molecule has 4 nitrogen and oxygen atoms in total. The van der Waals surface area contributed by atoms with E-state index >= 15 is 0 Å². The van der Waals surface area contributed by atoms with Gasteiger partial charge in [-0.25, -0.2) is 0 Å². The fourth-order valence-electron chi connectivity index (χ4n) is 7.75. The summed E-state index contributed by atoms with van der Waals surface area (Å²) in [5.41, 5.74) is 2.95. The zero-order valence-electron chi connectivity index (χ0n) is 19.9. The number of amides is 1. The van der Waals surface area contributed by atoms with Crippen LogP contribution in [0.25, 0.3) is 0 Å². The molecule has 33 heavy (non-hydrogen) atoms. The summed E-state index contributed by atoms with van der Waals surface area (Å²) >= 11 is 1.97. The standard InChI is InChI=1S/C28H39N3OS/c32-27(23-17-29-18-28(23)14-7-12-24-26(28)33-19-30-24)31-15-13-22(20-8-3-1-4-9-20)16-25(31)21-10-5-2-6-11-21/h1,3-4,8-9,21-23,25,29-30H,2,5-7,10-19H2/t22-,23+,25+,28-/m1/s1. The monoisotopic (exact) mass is 465 g/mol. The van der Waals surface area contributed by atoms with Crippen molar-refractivity contribution < 1.29 is 4.79 Å². The number of hydrogen-bond donors (Lipinski definition) is 2. The summed E-state index contributed by atoms with van der Waals surface area (Å²) < 4.78 is 0. The van der Waals surface area contributed by atoms with E-state index in [2.05, 4.69) is 45.9 Å². The normalized spacial score (nSPS) is 35.0. The third-order valence-corrected chi connectivity index (χ3v) is 10.7. The van der Waals surface area contributed by atoms with Crippen molar-refractivity contribution in [3.05, 3.63) is 46.5 Å². The van der Waals surface area contributed by atoms with Gasteiger partial charge in [0.1, 0.15) is 0 Å². The number of carbonyl (C=O) groups excluding carboxylic acids is 1. The van der Waals surface area contributed by atoms with Crippen LogP contribution in [0.5, 0.6) is 0 Å². The molecule has 2 saturated heterocycles. The molecule has 1 aromatic carbocycles. The second-order valence-corrected chi connectivity index (χ2v) is 12.1. The lowest BCUT2D eigenvalue weighted by Gasteiger charge is -2.48. The smallest absolute Gasteiger partial charge is 0.228 e. The number of likely N-dealkylation sites (tertiary alicyclic amines) is 1. The molecule has 1 saturated carbocycles. The minimum Gasteiger partial charge on any atom is -0.378 e. The van der Waals surface area contributed by atoms with Crippen molar-refractivity contribution in [3.63, 3.8) is 0 Å². The minimum absolute atomic E-state index is 0.0340. The Hall–Kier alpha value is -1.46. The molecule has 2 N–H and O–H groups in total. The zero-order chi connectivity index (χ0) is 22.3. The van der Waals surface area contributed by atoms with Crippen LogP contribution in [0.2, 0.25) is 0 Å². The van der Waals surface area contributed by atoms with Crippen molar-refractivity contribution in [2.45, 2.75) is 76.2 Å². The first-order chi connectivity index (χ1) is 16.3. The van der Waals surface area contributed by atoms with Gasteiger partial charge in [-0.2, -0.15) is 0 Å². The molecule has 4 atom stereocenters. The van der Waals surface area contributed by atoms with Crippen LogP contribution in [0.3, 0.4) is 0 Å². The Kier molecular flexibility index (Phi) is 6.21. The topological polar surface area (TPSA) is 44.4 Å². The van der Waals surface area contributed by atoms with E-state index in [1.54, 1.807) is 0 Å². The van der Waals surface area contributed by atoms with Gasteiger partial charge in [-0.15, -0.1) is 11.8 Å². The Labute approximate surface area is 203 Å². The fourth-order valence-corrected chi connectivity index (χ4v) is 9.09. The summed E-state index contributed by atoms with van der Waals surface area (Å²) in [4.78, 5) is 18.3. The first kappa shape index (κ1) is 22.0. The van der Waals surface area contributed by atoms with Crippen LogP contribution in [-0.4, -0.2) is 42.4 Å². The zero-order valence-corrected chi connectivity index (χ0v) is 20.7. The quantitative estimate of drug-likeness (QED) is 0.641. The Morgan fingerprint density at radius 3 is 2.76 bits per heavy atom. The van der Waals surface area contributed by atoms with Crippen LogP contribution in [0.4, 0.5) is 0 Å². The van der Waals surface area contributed by atoms with Gasteiger partial charge in [0.2, 0.25) is 5.91 Å². The maximum absolute atomic E-state index is 14.4. The number of carbonyl (C=O) groups is 1. The Bertz CT molecular complexity index is 896. The molecule has 0 aromatic heterocycles. The van der Waals surface area contributed by atoms with Crippen LogP contribution in [0, 0.1) is 17.3 Å². The van der Waals surface area contributed by atoms with Gasteiger partial charge in [0.25, 0.3) is 0 Å². The van der Waals surface area contributed by atoms with Crippen LogP contribution in [-0.2, 0) is 4.79 Å². The molecule has 5 aliphatic rings. The summed E-state index contributed by atoms with van der Waals surface area (Å²) in [6, 6.07) is 11.5. The van der Waals surface area contributed by atoms with Crippen molar-refractivity contribution in [1.29, 1.82) is 0 Å². The SMILES string of the molecule is O=C([C@@H]1CNC[C@]12CCCC1=C2SCN1)N1CC[C@@H](c2ccccc2)C[C@H]1C1CCCCC1. The second-order valence-electron chi connectivity index (χ2n) is 11.1. The number of nitrogens with one attached hydrogen (secondary N) is 2. The molecule has 3 fully saturated rings. The van der Waals surface area contributed by atoms with Crippen molar-refractivity contribution in [2.75, 3.05) is 25.5 Å². The number of allylic oxidation sites excluding steroid dienone is 1. The Balaban J connectivity index is 1.28. The molecule has 0 radical (unpaired) electrons. The van der Waals surface area contributed by atoms with Crippen molar-refractivity contribution in [2.24, 2.45) is 17.3 Å². The first-order valence-electron chi connectivity index (χ1n) is 13.4. The number of benzene rings is 1. The van der Waals surface area contributed by atoms with Crippen molar-refractivity contribution in [1.82, 2.24) is 15.5 Å². The second kappa shape index (κ2) is 9.30. The summed E-state index contributed by atoms with van der Waals surface area (Å²) in [6.45, 7) is 2.76. The molecule has 6 rings (SSSR count). The van der Waals surface area contributed by atoms with Crippen LogP contribution in [0.1, 0.15) is 75.7 Å². The van der Waals surface area contributed by atoms with Gasteiger partial charge in [-0.3, -0.25) is 4.79 Å². The first-order valence-corrected chi connectivity index (χ1v) is 14.4. The van der Waals surface area contributed by atoms with Crippen LogP contribution < -0.4 is 10.6 Å². The van der Waals surface area contributed by atoms with Crippen LogP contribution in [0.15, 0.2) is 40.9 Å². The van der Waals surface area contributed by atoms with Gasteiger partial charge < -0.3 is 15.5 Å². The van der Waals surface area contributed by atoms with E-state index in [-0.39, 0.29) is 11.3 Å². The number of piperidine rings is 1. The number of fused-ring (bicyclic) bond motifs is 1. The highest BCUT2D eigenvalue weighted by atomic mass is 32.2. The van der Waals surface area contributed by atoms with Crippen molar-refractivity contribution in [3.8, 4) is 0 Å². The average Bonchev–Trinajstić information content (AvgIpc) is 3.53. The predicted molar refractivity (Wildman–Crippen MR) is 136 cm³/mol. The van der Waals surface area contributed by atoms with Gasteiger partial charge in [-0.1, -0.05) is 49.6 Å². The molecule has 178 valence electrons. The van der Waals surface area contributed by atoms with E-state index < -0.39 is 0 Å². The molecule has 3 aliphatic heterocycles. The molecule has 0 unspecified atom stereocenters. The number of rotatable bonds is 3. The minimum atomic E-state index is 0.0340. The molecule has 1 aromatic rings. The molecule has 2 aliphatic carbocycles. The molecule has 1 amide bonds. The molecule has 1 spiro atoms. The van der Waals surface area contributed by atoms with Crippen LogP contribution >= 0.6 is 11.8 Å². The van der Waals surface area contributed by atoms with Gasteiger partial charge in [0.05, 0.1) is 11.8 Å². The van der Waals surface area contributed by atoms with Gasteiger partial charge in [0.15, 0.2) is 0 Å². The summed E-state index contributed by atoms with van der Waals surface area (Å²) in [5.74, 6) is 2.83. The third-order valence-electron chi connectivity index (χ3n) is 9.42. The van der Waals surface area contributed by atoms with E-state index in [9.17, 15) is 4.79 Å². The van der Waals surface area contributed by atoms with Gasteiger partial charge in [-0.05, 0) is 62.3 Å². The molecule has 5 heteroatoms. The van der Waals surface area contributed by atoms with E-state index in [0.717, 1.165) is 44.8 Å². The highest BCUT2D eigenvalue weighted by molar-refractivity contribution is 8.03. The number of nitrogens with zero attached hydrogens (tertiary/aromatic N) is 1. The van der Waals surface area contributed by atoms with Crippen molar-refractivity contribution >= 4 is 17.7 Å². The fraction of sp³-hybridized carbons (Fsp3) is 0.679. The highest BCUT2D eigenvalue weighted by Gasteiger charge is 2.54. The van der Waals surface area contributed by atoms with Gasteiger partial charge in [0, 0.05) is 41.7 Å². The molecule has 3 heterocycles. The lowest BCUT2D eigenvalue weighted by Crippen LogP contribution is -2.54. The lowest BCUT2D eigenvalue weighted by molar-refractivity contribution is -0.143. The molecule has 0 bridgehead atoms. The Morgan fingerprint density at radius 1 is 1.06 bits per heavy atom. The van der Waals surface area contributed by atoms with Gasteiger partial charge >= 0.3 is 0 Å². The highest BCUT2D eigenvalue weighted by Crippen LogP contribution is 2.55. The maximum Gasteiger partial charge on any atom is 0.228 e. The summed E-state index contributed by atoms with van der Waals surface area (Å²) in [5, 5.41) is 7.29. The molecular weight excluding hydrogens is 426 g/mol. The Morgan fingerprint density at radius 2 is 1.91 bits per heavy atom. The van der Waals surface area contributed by atoms with E-state index in [0.29, 0.717) is 23.8 Å². The maximum atomic E-state index is 14.4. The third kappa shape index (κ3) is 3.93. The molecular formula is C28H39N3OS. The largest absolute Gasteiger partial charge is 0.378 e. The summed E-state index contributed by atoms with van der Waals surface area (Å²) in [6.07, 6.45) is 12.5. The lowest BCUT2D eigenvalue weighted by atomic mass is 9.69. The average molecular weight is 466 g/mol. The predicted octanol–water partition coefficient (Wildman–Crippen LogP) is 5.24. The summed E-state index contributed by atoms with van der Waals surface area (Å²) in [7, 11) is 0. The van der Waals surface area contributed by atoms with E-state index in [4.69, 9.17) is 0 Å². The number of hydrogen-bond acceptors (Lipinski definition) is 4. The number of thioether (sulfide) groups is 1.